The number of aromatic nitrogens is 3. The third kappa shape index (κ3) is 4.49. The highest BCUT2D eigenvalue weighted by molar-refractivity contribution is 9.10. The highest BCUT2D eigenvalue weighted by Gasteiger charge is 2.58. The van der Waals surface area contributed by atoms with Crippen molar-refractivity contribution < 1.29 is 19.0 Å². The SMILES string of the molecule is CCOC(OCC)c1c(Br)c2c(Cl)ncnc2n1C12CCC(NC(=O)OC(C)(C)C)(CC1)C2. The fourth-order valence-electron chi connectivity index (χ4n) is 5.42. The summed E-state index contributed by atoms with van der Waals surface area (Å²) in [4.78, 5) is 21.5. The molecular formula is C23H32BrClN4O4. The Morgan fingerprint density at radius 3 is 2.42 bits per heavy atom. The topological polar surface area (TPSA) is 87.5 Å². The van der Waals surface area contributed by atoms with Crippen LogP contribution in [0.1, 0.15) is 78.7 Å². The van der Waals surface area contributed by atoms with Gasteiger partial charge in [0.15, 0.2) is 6.29 Å². The molecule has 0 spiro atoms. The number of hydrogen-bond donors (Lipinski definition) is 1. The molecule has 2 aliphatic carbocycles. The molecule has 0 saturated heterocycles. The van der Waals surface area contributed by atoms with Crippen molar-refractivity contribution in [2.24, 2.45) is 0 Å². The van der Waals surface area contributed by atoms with E-state index in [1.165, 1.54) is 6.33 Å². The van der Waals surface area contributed by atoms with Crippen molar-refractivity contribution in [3.8, 4) is 0 Å². The summed E-state index contributed by atoms with van der Waals surface area (Å²) in [5.41, 5.74) is 0.493. The molecule has 2 aromatic heterocycles. The molecule has 33 heavy (non-hydrogen) atoms. The zero-order valence-corrected chi connectivity index (χ0v) is 22.2. The van der Waals surface area contributed by atoms with Crippen molar-refractivity contribution in [1.29, 1.82) is 0 Å². The van der Waals surface area contributed by atoms with Crippen LogP contribution in [0, 0.1) is 0 Å². The monoisotopic (exact) mass is 542 g/mol. The van der Waals surface area contributed by atoms with Crippen LogP contribution in [0.15, 0.2) is 10.8 Å². The molecule has 2 bridgehead atoms. The maximum Gasteiger partial charge on any atom is 0.408 e. The summed E-state index contributed by atoms with van der Waals surface area (Å²) < 4.78 is 20.6. The maximum absolute atomic E-state index is 12.6. The maximum atomic E-state index is 12.6. The minimum absolute atomic E-state index is 0.251. The Labute approximate surface area is 207 Å². The van der Waals surface area contributed by atoms with Crippen molar-refractivity contribution in [1.82, 2.24) is 19.9 Å². The molecule has 10 heteroatoms. The van der Waals surface area contributed by atoms with E-state index in [2.05, 4.69) is 35.8 Å². The number of ether oxygens (including phenoxy) is 3. The highest BCUT2D eigenvalue weighted by Crippen LogP contribution is 2.58. The van der Waals surface area contributed by atoms with Crippen LogP contribution in [-0.4, -0.2) is 45.0 Å². The Morgan fingerprint density at radius 1 is 1.21 bits per heavy atom. The zero-order valence-electron chi connectivity index (χ0n) is 19.8. The largest absolute Gasteiger partial charge is 0.444 e. The molecule has 182 valence electrons. The molecule has 0 aliphatic heterocycles. The number of carbonyl (C=O) groups excluding carboxylic acids is 1. The van der Waals surface area contributed by atoms with Crippen molar-refractivity contribution in [3.05, 3.63) is 21.6 Å². The van der Waals surface area contributed by atoms with Crippen molar-refractivity contribution >= 4 is 44.7 Å². The lowest BCUT2D eigenvalue weighted by molar-refractivity contribution is -0.145. The van der Waals surface area contributed by atoms with Gasteiger partial charge in [0.1, 0.15) is 22.7 Å². The van der Waals surface area contributed by atoms with Gasteiger partial charge in [0, 0.05) is 24.3 Å². The van der Waals surface area contributed by atoms with Crippen LogP contribution in [0.2, 0.25) is 5.15 Å². The van der Waals surface area contributed by atoms with Gasteiger partial charge in [-0.1, -0.05) is 11.6 Å². The van der Waals surface area contributed by atoms with Gasteiger partial charge in [-0.05, 0) is 82.7 Å². The molecule has 2 fully saturated rings. The molecule has 1 amide bonds. The third-order valence-corrected chi connectivity index (χ3v) is 7.67. The number of nitrogens with zero attached hydrogens (tertiary/aromatic N) is 3. The number of halogens is 2. The summed E-state index contributed by atoms with van der Waals surface area (Å²) in [6.07, 6.45) is 4.80. The first kappa shape index (κ1) is 24.7. The second-order valence-electron chi connectivity index (χ2n) is 9.95. The number of amides is 1. The van der Waals surface area contributed by atoms with Crippen molar-refractivity contribution in [3.63, 3.8) is 0 Å². The van der Waals surface area contributed by atoms with Crippen LogP contribution in [0.25, 0.3) is 11.0 Å². The van der Waals surface area contributed by atoms with E-state index in [-0.39, 0.29) is 17.2 Å². The van der Waals surface area contributed by atoms with Crippen molar-refractivity contribution in [2.75, 3.05) is 13.2 Å². The zero-order chi connectivity index (χ0) is 24.0. The minimum Gasteiger partial charge on any atom is -0.444 e. The minimum atomic E-state index is -0.580. The molecule has 4 rings (SSSR count). The van der Waals surface area contributed by atoms with Crippen LogP contribution < -0.4 is 5.32 Å². The molecule has 0 radical (unpaired) electrons. The predicted molar refractivity (Wildman–Crippen MR) is 129 cm³/mol. The fourth-order valence-corrected chi connectivity index (χ4v) is 6.49. The Hall–Kier alpha value is -1.42. The second-order valence-corrected chi connectivity index (χ2v) is 11.1. The van der Waals surface area contributed by atoms with Gasteiger partial charge < -0.3 is 24.1 Å². The number of carbonyl (C=O) groups is 1. The first-order valence-corrected chi connectivity index (χ1v) is 12.7. The van der Waals surface area contributed by atoms with Gasteiger partial charge in [0.25, 0.3) is 0 Å². The molecule has 2 aromatic rings. The lowest BCUT2D eigenvalue weighted by Crippen LogP contribution is -2.47. The standard InChI is InChI=1S/C23H32BrClN4O4/c1-6-31-19(32-7-2)16-15(24)14-17(25)26-13-27-18(14)29(16)23-10-8-22(12-23,9-11-23)28-20(30)33-21(3,4)5/h13,19H,6-12H2,1-5H3,(H,28,30). The van der Waals surface area contributed by atoms with Gasteiger partial charge in [0.05, 0.1) is 15.6 Å². The van der Waals surface area contributed by atoms with E-state index in [4.69, 9.17) is 25.8 Å². The molecule has 1 N–H and O–H groups in total. The number of rotatable bonds is 7. The molecule has 0 atom stereocenters. The lowest BCUT2D eigenvalue weighted by Gasteiger charge is -2.33. The summed E-state index contributed by atoms with van der Waals surface area (Å²) in [6, 6.07) is 0. The second kappa shape index (κ2) is 8.98. The van der Waals surface area contributed by atoms with Crippen LogP contribution in [0.3, 0.4) is 0 Å². The molecule has 2 saturated carbocycles. The van der Waals surface area contributed by atoms with Gasteiger partial charge in [-0.15, -0.1) is 0 Å². The van der Waals surface area contributed by atoms with Gasteiger partial charge >= 0.3 is 6.09 Å². The van der Waals surface area contributed by atoms with Gasteiger partial charge in [-0.25, -0.2) is 14.8 Å². The van der Waals surface area contributed by atoms with E-state index >= 15 is 0 Å². The Morgan fingerprint density at radius 2 is 1.85 bits per heavy atom. The molecule has 2 aliphatic rings. The fraction of sp³-hybridized carbons (Fsp3) is 0.696. The Balaban J connectivity index is 1.78. The third-order valence-electron chi connectivity index (χ3n) is 6.58. The average Bonchev–Trinajstić information content (AvgIpc) is 3.35. The van der Waals surface area contributed by atoms with Gasteiger partial charge in [0.2, 0.25) is 0 Å². The molecule has 0 unspecified atom stereocenters. The number of fused-ring (bicyclic) bond motifs is 3. The summed E-state index contributed by atoms with van der Waals surface area (Å²) in [6.45, 7) is 10.5. The molecule has 8 nitrogen and oxygen atoms in total. The van der Waals surface area contributed by atoms with Crippen LogP contribution >= 0.6 is 27.5 Å². The Bertz CT molecular complexity index is 1040. The molecular weight excluding hydrogens is 512 g/mol. The van der Waals surface area contributed by atoms with E-state index < -0.39 is 11.9 Å². The summed E-state index contributed by atoms with van der Waals surface area (Å²) in [7, 11) is 0. The van der Waals surface area contributed by atoms with E-state index in [1.54, 1.807) is 0 Å². The molecule has 2 heterocycles. The van der Waals surface area contributed by atoms with Gasteiger partial charge in [-0.2, -0.15) is 0 Å². The van der Waals surface area contributed by atoms with Crippen molar-refractivity contribution in [2.45, 2.75) is 89.7 Å². The van der Waals surface area contributed by atoms with Crippen LogP contribution in [-0.2, 0) is 19.7 Å². The number of hydrogen-bond acceptors (Lipinski definition) is 6. The van der Waals surface area contributed by atoms with E-state index in [1.807, 2.05) is 34.6 Å². The van der Waals surface area contributed by atoms with E-state index in [0.717, 1.165) is 53.3 Å². The normalized spacial score (nSPS) is 24.7. The first-order valence-electron chi connectivity index (χ1n) is 11.5. The van der Waals surface area contributed by atoms with Crippen LogP contribution in [0.5, 0.6) is 0 Å². The predicted octanol–water partition coefficient (Wildman–Crippen LogP) is 5.86. The Kier molecular flexibility index (Phi) is 6.72. The van der Waals surface area contributed by atoms with E-state index in [0.29, 0.717) is 18.4 Å². The highest BCUT2D eigenvalue weighted by atomic mass is 79.9. The first-order chi connectivity index (χ1) is 15.5. The van der Waals surface area contributed by atoms with Crippen LogP contribution in [0.4, 0.5) is 4.79 Å². The summed E-state index contributed by atoms with van der Waals surface area (Å²) >= 11 is 10.3. The van der Waals surface area contributed by atoms with Gasteiger partial charge in [-0.3, -0.25) is 0 Å². The quantitative estimate of drug-likeness (QED) is 0.348. The summed E-state index contributed by atoms with van der Waals surface area (Å²) in [5, 5.41) is 4.32. The smallest absolute Gasteiger partial charge is 0.408 e. The number of nitrogens with one attached hydrogen (secondary N) is 1. The number of alkyl carbamates (subject to hydrolysis) is 1. The van der Waals surface area contributed by atoms with E-state index in [9.17, 15) is 4.79 Å². The summed E-state index contributed by atoms with van der Waals surface area (Å²) in [5.74, 6) is 0. The average molecular weight is 544 g/mol. The molecule has 0 aromatic carbocycles. The lowest BCUT2D eigenvalue weighted by atomic mass is 9.91.